The third-order valence-electron chi connectivity index (χ3n) is 10.2. The van der Waals surface area contributed by atoms with Crippen LogP contribution in [-0.2, 0) is 0 Å². The lowest BCUT2D eigenvalue weighted by Crippen LogP contribution is -2.49. The van der Waals surface area contributed by atoms with E-state index in [1.54, 1.807) is 5.57 Å². The van der Waals surface area contributed by atoms with Gasteiger partial charge in [0.05, 0.1) is 17.1 Å². The number of allylic oxidation sites excluding steroid dienone is 1. The molecule has 32 heavy (non-hydrogen) atoms. The molecule has 2 nitrogen and oxygen atoms in total. The van der Waals surface area contributed by atoms with Gasteiger partial charge in [-0.2, -0.15) is 5.26 Å². The van der Waals surface area contributed by atoms with E-state index in [1.807, 2.05) is 20.8 Å². The van der Waals surface area contributed by atoms with E-state index in [4.69, 9.17) is 0 Å². The van der Waals surface area contributed by atoms with Gasteiger partial charge >= 0.3 is 0 Å². The quantitative estimate of drug-likeness (QED) is 0.436. The van der Waals surface area contributed by atoms with Gasteiger partial charge in [0, 0.05) is 0 Å². The van der Waals surface area contributed by atoms with Crippen LogP contribution in [0.3, 0.4) is 0 Å². The monoisotopic (exact) mass is 441 g/mol. The highest BCUT2D eigenvalue weighted by Crippen LogP contribution is 2.63. The molecule has 0 radical (unpaired) electrons. The molecule has 0 aromatic rings. The number of aliphatic hydroxyl groups is 1. The van der Waals surface area contributed by atoms with Crippen molar-refractivity contribution in [2.24, 2.45) is 46.3 Å². The highest BCUT2D eigenvalue weighted by Gasteiger charge is 2.55. The molecule has 0 aliphatic heterocycles. The Morgan fingerprint density at radius 1 is 1.09 bits per heavy atom. The van der Waals surface area contributed by atoms with Crippen LogP contribution < -0.4 is 0 Å². The van der Waals surface area contributed by atoms with Gasteiger partial charge in [-0.25, -0.2) is 0 Å². The van der Waals surface area contributed by atoms with Crippen molar-refractivity contribution in [2.75, 3.05) is 0 Å². The Balaban J connectivity index is 0.00000141. The van der Waals surface area contributed by atoms with Gasteiger partial charge in [0.15, 0.2) is 0 Å². The summed E-state index contributed by atoms with van der Waals surface area (Å²) in [6, 6.07) is 2.47. The van der Waals surface area contributed by atoms with Crippen LogP contribution in [0.5, 0.6) is 0 Å². The van der Waals surface area contributed by atoms with Crippen LogP contribution in [-0.4, -0.2) is 10.7 Å². The zero-order valence-corrected chi connectivity index (χ0v) is 22.2. The topological polar surface area (TPSA) is 44.0 Å². The Kier molecular flexibility index (Phi) is 7.92. The molecular formula is C30H51NO. The number of nitriles is 1. The highest BCUT2D eigenvalue weighted by molar-refractivity contribution is 5.26. The molecule has 4 rings (SSSR count). The van der Waals surface area contributed by atoms with E-state index in [1.165, 1.54) is 51.4 Å². The third kappa shape index (κ3) is 4.99. The zero-order chi connectivity index (χ0) is 23.7. The molecule has 0 spiro atoms. The smallest absolute Gasteiger partial charge is 0.0683 e. The van der Waals surface area contributed by atoms with Crippen LogP contribution in [0, 0.1) is 57.7 Å². The van der Waals surface area contributed by atoms with E-state index in [0.717, 1.165) is 54.8 Å². The summed E-state index contributed by atoms with van der Waals surface area (Å²) in [5.74, 6) is 5.32. The number of nitrogens with zero attached hydrogens (tertiary/aromatic N) is 1. The Hall–Kier alpha value is -0.810. The van der Waals surface area contributed by atoms with Crippen LogP contribution in [0.15, 0.2) is 11.6 Å². The van der Waals surface area contributed by atoms with Crippen LogP contribution in [0.25, 0.3) is 0 Å². The van der Waals surface area contributed by atoms with Crippen molar-refractivity contribution < 1.29 is 5.11 Å². The molecule has 4 aliphatic carbocycles. The van der Waals surface area contributed by atoms with Crippen LogP contribution in [0.4, 0.5) is 0 Å². The summed E-state index contributed by atoms with van der Waals surface area (Å²) in [6.45, 7) is 15.2. The molecule has 4 aliphatic rings. The zero-order valence-electron chi connectivity index (χ0n) is 22.2. The fraction of sp³-hybridized carbons (Fsp3) is 0.900. The molecule has 0 saturated heterocycles. The summed E-state index contributed by atoms with van der Waals surface area (Å²) in [7, 11) is 0. The molecule has 6 unspecified atom stereocenters. The largest absolute Gasteiger partial charge is 0.390 e. The van der Waals surface area contributed by atoms with Gasteiger partial charge in [-0.3, -0.25) is 0 Å². The second-order valence-electron chi connectivity index (χ2n) is 12.8. The predicted molar refractivity (Wildman–Crippen MR) is 135 cm³/mol. The molecular weight excluding hydrogens is 390 g/mol. The van der Waals surface area contributed by atoms with Crippen molar-refractivity contribution in [2.45, 2.75) is 125 Å². The minimum absolute atomic E-state index is 0.164. The molecule has 1 N–H and O–H groups in total. The van der Waals surface area contributed by atoms with Gasteiger partial charge < -0.3 is 5.11 Å². The van der Waals surface area contributed by atoms with Crippen molar-refractivity contribution in [3.05, 3.63) is 11.6 Å². The van der Waals surface area contributed by atoms with E-state index < -0.39 is 5.60 Å². The van der Waals surface area contributed by atoms with E-state index in [0.29, 0.717) is 5.41 Å². The SMILES string of the molecule is CC.C[C@H](CCCC(C)(C)C#N)C1CCC2C1CCC1C2CC=C2C[C@@](C)(O)CCC21C. The summed E-state index contributed by atoms with van der Waals surface area (Å²) in [6.07, 6.45) is 16.1. The van der Waals surface area contributed by atoms with E-state index >= 15 is 0 Å². The molecule has 182 valence electrons. The number of hydrogen-bond acceptors (Lipinski definition) is 2. The standard InChI is InChI=1S/C28H45NO.C2H6/c1-19(7-6-14-26(2,3)18-29)21-10-11-23-22(21)12-13-25-24(23)9-8-20-17-27(4,30)15-16-28(20,25)5;1-2/h8,19,21-25,30H,6-7,9-17H2,1-5H3;1-2H3/t19-,21?,22?,23?,24?,25?,27+,28?;/m1./s1. The lowest BCUT2D eigenvalue weighted by molar-refractivity contribution is -0.0431. The third-order valence-corrected chi connectivity index (χ3v) is 10.2. The fourth-order valence-electron chi connectivity index (χ4n) is 8.34. The molecule has 0 bridgehead atoms. The van der Waals surface area contributed by atoms with Gasteiger partial charge in [-0.1, -0.05) is 52.2 Å². The van der Waals surface area contributed by atoms with Crippen molar-refractivity contribution in [3.8, 4) is 6.07 Å². The maximum atomic E-state index is 10.6. The molecule has 2 heteroatoms. The number of rotatable bonds is 5. The first kappa shape index (κ1) is 25.8. The van der Waals surface area contributed by atoms with Gasteiger partial charge in [-0.15, -0.1) is 0 Å². The first-order valence-corrected chi connectivity index (χ1v) is 13.9. The Labute approximate surface area is 199 Å². The number of hydrogen-bond donors (Lipinski definition) is 1. The van der Waals surface area contributed by atoms with Gasteiger partial charge in [0.1, 0.15) is 0 Å². The Bertz CT molecular complexity index is 713. The van der Waals surface area contributed by atoms with Crippen molar-refractivity contribution in [1.82, 2.24) is 0 Å². The average Bonchev–Trinajstić information content (AvgIpc) is 3.20. The maximum Gasteiger partial charge on any atom is 0.0683 e. The first-order valence-electron chi connectivity index (χ1n) is 13.9. The summed E-state index contributed by atoms with van der Waals surface area (Å²) in [5, 5.41) is 19.9. The molecule has 3 saturated carbocycles. The normalized spacial score (nSPS) is 41.7. The van der Waals surface area contributed by atoms with Gasteiger partial charge in [0.2, 0.25) is 0 Å². The van der Waals surface area contributed by atoms with Crippen LogP contribution >= 0.6 is 0 Å². The lowest BCUT2D eigenvalue weighted by Gasteiger charge is -2.56. The highest BCUT2D eigenvalue weighted by atomic mass is 16.3. The van der Waals surface area contributed by atoms with E-state index in [2.05, 4.69) is 39.8 Å². The van der Waals surface area contributed by atoms with Crippen molar-refractivity contribution in [1.29, 1.82) is 5.26 Å². The molecule has 3 fully saturated rings. The minimum Gasteiger partial charge on any atom is -0.390 e. The molecule has 0 heterocycles. The van der Waals surface area contributed by atoms with Crippen LogP contribution in [0.2, 0.25) is 0 Å². The summed E-state index contributed by atoms with van der Waals surface area (Å²) in [5.41, 5.74) is 1.29. The Morgan fingerprint density at radius 2 is 1.78 bits per heavy atom. The number of fused-ring (bicyclic) bond motifs is 5. The predicted octanol–water partition coefficient (Wildman–Crippen LogP) is 8.31. The van der Waals surface area contributed by atoms with Crippen molar-refractivity contribution in [3.63, 3.8) is 0 Å². The minimum atomic E-state index is -0.483. The Morgan fingerprint density at radius 3 is 2.47 bits per heavy atom. The molecule has 0 aromatic heterocycles. The summed E-state index contributed by atoms with van der Waals surface area (Å²) in [4.78, 5) is 0. The second kappa shape index (κ2) is 9.82. The fourth-order valence-corrected chi connectivity index (χ4v) is 8.34. The van der Waals surface area contributed by atoms with Crippen molar-refractivity contribution >= 4 is 0 Å². The second-order valence-corrected chi connectivity index (χ2v) is 12.8. The van der Waals surface area contributed by atoms with E-state index in [9.17, 15) is 10.4 Å². The van der Waals surface area contributed by atoms with E-state index in [-0.39, 0.29) is 5.41 Å². The molecule has 0 aromatic carbocycles. The average molecular weight is 442 g/mol. The summed E-state index contributed by atoms with van der Waals surface area (Å²) >= 11 is 0. The van der Waals surface area contributed by atoms with Gasteiger partial charge in [0.25, 0.3) is 0 Å². The lowest BCUT2D eigenvalue weighted by atomic mass is 9.49. The molecule has 8 atom stereocenters. The van der Waals surface area contributed by atoms with Gasteiger partial charge in [-0.05, 0) is 119 Å². The molecule has 0 amide bonds. The maximum absolute atomic E-state index is 10.6. The summed E-state index contributed by atoms with van der Waals surface area (Å²) < 4.78 is 0. The first-order chi connectivity index (χ1) is 15.1. The van der Waals surface area contributed by atoms with Crippen LogP contribution in [0.1, 0.15) is 119 Å².